The van der Waals surface area contributed by atoms with E-state index in [9.17, 15) is 14.7 Å². The predicted octanol–water partition coefficient (Wildman–Crippen LogP) is 2.56. The summed E-state index contributed by atoms with van der Waals surface area (Å²) in [6, 6.07) is 0. The maximum absolute atomic E-state index is 12.3. The Kier molecular flexibility index (Phi) is 4.22. The monoisotopic (exact) mass is 361 g/mol. The largest absolute Gasteiger partial charge is 0.393 e. The van der Waals surface area contributed by atoms with Crippen LogP contribution in [0.5, 0.6) is 0 Å². The normalized spacial score (nSPS) is 50.5. The minimum atomic E-state index is -0.487. The standard InChI is InChI=1S/C21H31NO4/c1-11(23)15-9-17(25)19-14-5-4-12-8-13(24)6-7-20(12,2)16(14)10-18(26-22)21(15,19)3/h8,14-19,25H,4-7,9-10,22H2,1-3H3/t14?,15?,16?,17-,18+,19?,20-,21-/m0/s1. The van der Waals surface area contributed by atoms with Gasteiger partial charge in [0.15, 0.2) is 5.78 Å². The molecule has 3 fully saturated rings. The highest BCUT2D eigenvalue weighted by atomic mass is 16.6. The van der Waals surface area contributed by atoms with E-state index in [1.807, 2.05) is 6.08 Å². The third-order valence-electron chi connectivity index (χ3n) is 8.68. The summed E-state index contributed by atoms with van der Waals surface area (Å²) >= 11 is 0. The van der Waals surface area contributed by atoms with Crippen LogP contribution >= 0.6 is 0 Å². The summed E-state index contributed by atoms with van der Waals surface area (Å²) in [6.07, 6.45) is 5.80. The van der Waals surface area contributed by atoms with Crippen LogP contribution in [0.25, 0.3) is 0 Å². The Bertz CT molecular complexity index is 673. The number of Topliss-reactive ketones (excluding diaryl/α,β-unsaturated/α-hetero) is 1. The van der Waals surface area contributed by atoms with Crippen molar-refractivity contribution < 1.29 is 19.5 Å². The second kappa shape index (κ2) is 5.98. The van der Waals surface area contributed by atoms with Gasteiger partial charge in [-0.3, -0.25) is 9.59 Å². The molecule has 3 N–H and O–H groups in total. The number of hydrogen-bond acceptors (Lipinski definition) is 5. The highest BCUT2D eigenvalue weighted by Gasteiger charge is 2.66. The first kappa shape index (κ1) is 18.3. The van der Waals surface area contributed by atoms with Crippen molar-refractivity contribution in [2.75, 3.05) is 0 Å². The number of rotatable bonds is 2. The molecule has 4 rings (SSSR count). The van der Waals surface area contributed by atoms with E-state index in [0.29, 0.717) is 24.7 Å². The highest BCUT2D eigenvalue weighted by molar-refractivity contribution is 5.91. The number of carbonyl (C=O) groups is 2. The smallest absolute Gasteiger partial charge is 0.155 e. The van der Waals surface area contributed by atoms with Crippen LogP contribution in [0.3, 0.4) is 0 Å². The first-order chi connectivity index (χ1) is 12.2. The molecule has 0 aromatic heterocycles. The lowest BCUT2D eigenvalue weighted by molar-refractivity contribution is -0.174. The van der Waals surface area contributed by atoms with Gasteiger partial charge in [0.1, 0.15) is 5.78 Å². The van der Waals surface area contributed by atoms with Gasteiger partial charge in [0.2, 0.25) is 0 Å². The number of nitrogens with two attached hydrogens (primary N) is 1. The zero-order valence-electron chi connectivity index (χ0n) is 16.0. The molecule has 26 heavy (non-hydrogen) atoms. The summed E-state index contributed by atoms with van der Waals surface area (Å²) in [5, 5.41) is 11.0. The van der Waals surface area contributed by atoms with E-state index in [0.717, 1.165) is 25.7 Å². The van der Waals surface area contributed by atoms with E-state index < -0.39 is 11.5 Å². The minimum Gasteiger partial charge on any atom is -0.393 e. The van der Waals surface area contributed by atoms with Gasteiger partial charge in [-0.1, -0.05) is 19.4 Å². The summed E-state index contributed by atoms with van der Waals surface area (Å²) < 4.78 is 0. The van der Waals surface area contributed by atoms with Gasteiger partial charge in [-0.25, -0.2) is 5.90 Å². The fraction of sp³-hybridized carbons (Fsp3) is 0.810. The van der Waals surface area contributed by atoms with Gasteiger partial charge in [0, 0.05) is 17.8 Å². The number of ketones is 2. The zero-order chi connectivity index (χ0) is 18.9. The van der Waals surface area contributed by atoms with Gasteiger partial charge in [0.25, 0.3) is 0 Å². The average molecular weight is 361 g/mol. The summed E-state index contributed by atoms with van der Waals surface area (Å²) in [5.74, 6) is 6.62. The molecular formula is C21H31NO4. The average Bonchev–Trinajstić information content (AvgIpc) is 2.87. The molecule has 0 spiro atoms. The van der Waals surface area contributed by atoms with Gasteiger partial charge in [-0.05, 0) is 68.3 Å². The van der Waals surface area contributed by atoms with Crippen molar-refractivity contribution in [3.63, 3.8) is 0 Å². The maximum atomic E-state index is 12.3. The number of aliphatic hydroxyl groups is 1. The van der Waals surface area contributed by atoms with E-state index in [4.69, 9.17) is 10.7 Å². The van der Waals surface area contributed by atoms with E-state index in [-0.39, 0.29) is 34.9 Å². The number of aliphatic hydroxyl groups excluding tert-OH is 1. The third-order valence-corrected chi connectivity index (χ3v) is 8.68. The lowest BCUT2D eigenvalue weighted by Gasteiger charge is -2.60. The maximum Gasteiger partial charge on any atom is 0.155 e. The Morgan fingerprint density at radius 3 is 2.69 bits per heavy atom. The molecule has 0 saturated heterocycles. The molecule has 144 valence electrons. The van der Waals surface area contributed by atoms with Crippen molar-refractivity contribution in [1.29, 1.82) is 0 Å². The van der Waals surface area contributed by atoms with Crippen molar-refractivity contribution >= 4 is 11.6 Å². The molecule has 0 bridgehead atoms. The number of allylic oxidation sites excluding steroid dienone is 1. The van der Waals surface area contributed by atoms with Gasteiger partial charge < -0.3 is 9.94 Å². The topological polar surface area (TPSA) is 89.6 Å². The molecule has 4 aliphatic carbocycles. The number of carbonyl (C=O) groups excluding carboxylic acids is 2. The summed E-state index contributed by atoms with van der Waals surface area (Å²) in [4.78, 5) is 29.8. The van der Waals surface area contributed by atoms with Crippen molar-refractivity contribution in [3.8, 4) is 0 Å². The second-order valence-electron chi connectivity index (χ2n) is 9.58. The lowest BCUT2D eigenvalue weighted by atomic mass is 9.45. The first-order valence-electron chi connectivity index (χ1n) is 10.0. The predicted molar refractivity (Wildman–Crippen MR) is 96.7 cm³/mol. The first-order valence-corrected chi connectivity index (χ1v) is 10.0. The Morgan fingerprint density at radius 2 is 2.04 bits per heavy atom. The fourth-order valence-corrected chi connectivity index (χ4v) is 7.38. The molecule has 5 nitrogen and oxygen atoms in total. The molecule has 0 amide bonds. The lowest BCUT2D eigenvalue weighted by Crippen LogP contribution is -2.59. The van der Waals surface area contributed by atoms with Crippen molar-refractivity contribution in [2.24, 2.45) is 40.4 Å². The van der Waals surface area contributed by atoms with Gasteiger partial charge in [0.05, 0.1) is 12.2 Å². The molecule has 4 aliphatic rings. The summed E-state index contributed by atoms with van der Waals surface area (Å²) in [5.41, 5.74) is 0.830. The van der Waals surface area contributed by atoms with Crippen LogP contribution in [0.4, 0.5) is 0 Å². The van der Waals surface area contributed by atoms with Crippen LogP contribution in [0.1, 0.15) is 59.3 Å². The Labute approximate surface area is 155 Å². The van der Waals surface area contributed by atoms with Crippen molar-refractivity contribution in [1.82, 2.24) is 0 Å². The molecule has 0 heterocycles. The Hall–Kier alpha value is -1.04. The molecule has 0 radical (unpaired) electrons. The number of fused-ring (bicyclic) bond motifs is 5. The molecule has 3 saturated carbocycles. The van der Waals surface area contributed by atoms with Crippen LogP contribution in [0, 0.1) is 34.5 Å². The molecule has 0 aromatic rings. The molecule has 8 atom stereocenters. The van der Waals surface area contributed by atoms with E-state index in [2.05, 4.69) is 13.8 Å². The van der Waals surface area contributed by atoms with Crippen LogP contribution in [-0.4, -0.2) is 28.9 Å². The zero-order valence-corrected chi connectivity index (χ0v) is 16.0. The second-order valence-corrected chi connectivity index (χ2v) is 9.58. The Morgan fingerprint density at radius 1 is 1.31 bits per heavy atom. The van der Waals surface area contributed by atoms with Gasteiger partial charge in [-0.15, -0.1) is 0 Å². The third kappa shape index (κ3) is 2.26. The van der Waals surface area contributed by atoms with E-state index in [1.54, 1.807) is 6.92 Å². The molecule has 0 aliphatic heterocycles. The van der Waals surface area contributed by atoms with E-state index >= 15 is 0 Å². The van der Waals surface area contributed by atoms with Gasteiger partial charge in [-0.2, -0.15) is 0 Å². The molecule has 0 aromatic carbocycles. The number of hydrogen-bond donors (Lipinski definition) is 2. The van der Waals surface area contributed by atoms with Crippen LogP contribution in [0.15, 0.2) is 11.6 Å². The van der Waals surface area contributed by atoms with Crippen molar-refractivity contribution in [3.05, 3.63) is 11.6 Å². The highest BCUT2D eigenvalue weighted by Crippen LogP contribution is 2.67. The summed E-state index contributed by atoms with van der Waals surface area (Å²) in [7, 11) is 0. The van der Waals surface area contributed by atoms with Crippen LogP contribution < -0.4 is 5.90 Å². The summed E-state index contributed by atoms with van der Waals surface area (Å²) in [6.45, 7) is 6.01. The van der Waals surface area contributed by atoms with Crippen LogP contribution in [0.2, 0.25) is 0 Å². The fourth-order valence-electron chi connectivity index (χ4n) is 7.38. The molecule has 4 unspecified atom stereocenters. The Balaban J connectivity index is 1.77. The van der Waals surface area contributed by atoms with Gasteiger partial charge >= 0.3 is 0 Å². The van der Waals surface area contributed by atoms with Crippen molar-refractivity contribution in [2.45, 2.75) is 71.5 Å². The molecular weight excluding hydrogens is 330 g/mol. The SMILES string of the molecule is CC(=O)C1C[C@H](O)C2C3CCC4=CC(=O)CC[C@]4(C)C3C[C@@H](ON)[C@]12C. The quantitative estimate of drug-likeness (QED) is 0.738. The molecule has 5 heteroatoms. The minimum absolute atomic E-state index is 0.0248. The van der Waals surface area contributed by atoms with E-state index in [1.165, 1.54) is 5.57 Å². The van der Waals surface area contributed by atoms with Crippen LogP contribution in [-0.2, 0) is 14.4 Å².